The molecule has 4 heteroatoms. The summed E-state index contributed by atoms with van der Waals surface area (Å²) < 4.78 is 5.67. The summed E-state index contributed by atoms with van der Waals surface area (Å²) in [6.07, 6.45) is 0. The average Bonchev–Trinajstić information content (AvgIpc) is 2.58. The number of hydrogen-bond acceptors (Lipinski definition) is 3. The van der Waals surface area contributed by atoms with Gasteiger partial charge in [0, 0.05) is 17.2 Å². The molecule has 0 spiro atoms. The summed E-state index contributed by atoms with van der Waals surface area (Å²) in [5.74, 6) is 1.92. The zero-order valence-corrected chi connectivity index (χ0v) is 15.4. The van der Waals surface area contributed by atoms with Crippen LogP contribution in [0.2, 0.25) is 0 Å². The molecule has 0 aromatic heterocycles. The zero-order chi connectivity index (χ0) is 17.4. The first-order valence-corrected chi connectivity index (χ1v) is 9.22. The van der Waals surface area contributed by atoms with Gasteiger partial charge in [-0.15, -0.1) is 11.8 Å². The van der Waals surface area contributed by atoms with E-state index in [1.54, 1.807) is 11.8 Å². The Hall–Kier alpha value is -1.94. The summed E-state index contributed by atoms with van der Waals surface area (Å²) in [5.41, 5.74) is 2.38. The Morgan fingerprint density at radius 1 is 1.12 bits per heavy atom. The third-order valence-electron chi connectivity index (χ3n) is 3.61. The molecule has 0 fully saturated rings. The van der Waals surface area contributed by atoms with Crippen molar-refractivity contribution in [2.75, 3.05) is 18.9 Å². The van der Waals surface area contributed by atoms with Crippen molar-refractivity contribution in [3.05, 3.63) is 59.7 Å². The van der Waals surface area contributed by atoms with Gasteiger partial charge < -0.3 is 10.1 Å². The summed E-state index contributed by atoms with van der Waals surface area (Å²) in [4.78, 5) is 13.1. The van der Waals surface area contributed by atoms with Gasteiger partial charge in [-0.05, 0) is 36.6 Å². The molecule has 0 aliphatic carbocycles. The van der Waals surface area contributed by atoms with Crippen LogP contribution in [0.3, 0.4) is 0 Å². The van der Waals surface area contributed by atoms with Crippen LogP contribution in [0.4, 0.5) is 0 Å². The maximum absolute atomic E-state index is 11.9. The van der Waals surface area contributed by atoms with Crippen LogP contribution in [0.25, 0.3) is 0 Å². The fraction of sp³-hybridized carbons (Fsp3) is 0.350. The fourth-order valence-corrected chi connectivity index (χ4v) is 3.05. The lowest BCUT2D eigenvalue weighted by Gasteiger charge is -2.13. The molecule has 128 valence electrons. The minimum atomic E-state index is -0.0851. The van der Waals surface area contributed by atoms with E-state index in [9.17, 15) is 4.79 Å². The minimum Gasteiger partial charge on any atom is -0.483 e. The largest absolute Gasteiger partial charge is 0.483 e. The predicted octanol–water partition coefficient (Wildman–Crippen LogP) is 4.41. The van der Waals surface area contributed by atoms with E-state index in [1.165, 1.54) is 10.5 Å². The topological polar surface area (TPSA) is 38.3 Å². The van der Waals surface area contributed by atoms with Gasteiger partial charge in [-0.25, -0.2) is 0 Å². The summed E-state index contributed by atoms with van der Waals surface area (Å²) >= 11 is 1.74. The van der Waals surface area contributed by atoms with E-state index in [1.807, 2.05) is 24.3 Å². The third kappa shape index (κ3) is 5.93. The lowest BCUT2D eigenvalue weighted by atomic mass is 10.0. The van der Waals surface area contributed by atoms with Crippen LogP contribution in [0.5, 0.6) is 5.75 Å². The lowest BCUT2D eigenvalue weighted by molar-refractivity contribution is -0.122. The number of carbonyl (C=O) groups is 1. The second kappa shape index (κ2) is 9.38. The first-order valence-electron chi connectivity index (χ1n) is 8.24. The van der Waals surface area contributed by atoms with Gasteiger partial charge in [0.2, 0.25) is 0 Å². The van der Waals surface area contributed by atoms with Crippen LogP contribution in [-0.4, -0.2) is 24.8 Å². The summed E-state index contributed by atoms with van der Waals surface area (Å²) in [6, 6.07) is 16.3. The fourth-order valence-electron chi connectivity index (χ4n) is 2.28. The molecular weight excluding hydrogens is 318 g/mol. The van der Waals surface area contributed by atoms with Gasteiger partial charge in [0.15, 0.2) is 6.61 Å². The Bertz CT molecular complexity index is 653. The van der Waals surface area contributed by atoms with E-state index in [2.05, 4.69) is 50.4 Å². The molecule has 0 aliphatic rings. The highest BCUT2D eigenvalue weighted by Gasteiger charge is 2.08. The number of nitrogens with one attached hydrogen (secondary N) is 1. The number of thioether (sulfide) groups is 1. The van der Waals surface area contributed by atoms with Gasteiger partial charge in [0.05, 0.1) is 0 Å². The number of rotatable bonds is 8. The molecule has 1 N–H and O–H groups in total. The van der Waals surface area contributed by atoms with Crippen molar-refractivity contribution < 1.29 is 9.53 Å². The quantitative estimate of drug-likeness (QED) is 0.570. The molecule has 0 unspecified atom stereocenters. The molecule has 0 aliphatic heterocycles. The minimum absolute atomic E-state index is 0.0545. The second-order valence-electron chi connectivity index (χ2n) is 5.99. The number of ether oxygens (including phenoxy) is 1. The Labute approximate surface area is 148 Å². The van der Waals surface area contributed by atoms with Gasteiger partial charge in [-0.3, -0.25) is 4.79 Å². The monoisotopic (exact) mass is 343 g/mol. The number of carbonyl (C=O) groups excluding carboxylic acids is 1. The van der Waals surface area contributed by atoms with Crippen molar-refractivity contribution >= 4 is 17.7 Å². The van der Waals surface area contributed by atoms with Gasteiger partial charge in [-0.1, -0.05) is 49.7 Å². The van der Waals surface area contributed by atoms with Crippen LogP contribution < -0.4 is 10.1 Å². The van der Waals surface area contributed by atoms with Crippen LogP contribution in [0.15, 0.2) is 53.4 Å². The van der Waals surface area contributed by atoms with Crippen LogP contribution in [0.1, 0.15) is 30.9 Å². The third-order valence-corrected chi connectivity index (χ3v) is 4.63. The van der Waals surface area contributed by atoms with Crippen molar-refractivity contribution in [2.24, 2.45) is 0 Å². The maximum atomic E-state index is 11.9. The molecule has 2 rings (SSSR count). The van der Waals surface area contributed by atoms with E-state index in [-0.39, 0.29) is 12.5 Å². The predicted molar refractivity (Wildman–Crippen MR) is 101 cm³/mol. The number of benzene rings is 2. The number of amides is 1. The first-order chi connectivity index (χ1) is 11.6. The Balaban J connectivity index is 1.69. The molecule has 3 nitrogen and oxygen atoms in total. The molecule has 0 bridgehead atoms. The van der Waals surface area contributed by atoms with Crippen LogP contribution in [-0.2, 0) is 4.79 Å². The number of hydrogen-bond donors (Lipinski definition) is 1. The highest BCUT2D eigenvalue weighted by molar-refractivity contribution is 7.99. The Kier molecular flexibility index (Phi) is 7.19. The van der Waals surface area contributed by atoms with Crippen molar-refractivity contribution in [1.82, 2.24) is 5.32 Å². The van der Waals surface area contributed by atoms with Gasteiger partial charge in [0.1, 0.15) is 5.75 Å². The number of para-hydroxylation sites is 1. The van der Waals surface area contributed by atoms with E-state index in [0.717, 1.165) is 17.1 Å². The molecule has 0 atom stereocenters. The average molecular weight is 343 g/mol. The van der Waals surface area contributed by atoms with Crippen molar-refractivity contribution in [2.45, 2.75) is 31.6 Å². The van der Waals surface area contributed by atoms with Crippen molar-refractivity contribution in [3.8, 4) is 5.75 Å². The molecule has 0 saturated carbocycles. The van der Waals surface area contributed by atoms with Gasteiger partial charge in [0.25, 0.3) is 5.91 Å². The van der Waals surface area contributed by atoms with Crippen LogP contribution >= 0.6 is 11.8 Å². The number of aryl methyl sites for hydroxylation is 1. The normalized spacial score (nSPS) is 10.7. The lowest BCUT2D eigenvalue weighted by Crippen LogP contribution is -2.30. The Morgan fingerprint density at radius 3 is 2.54 bits per heavy atom. The molecule has 0 saturated heterocycles. The molecule has 1 amide bonds. The highest BCUT2D eigenvalue weighted by atomic mass is 32.2. The maximum Gasteiger partial charge on any atom is 0.257 e. The second-order valence-corrected chi connectivity index (χ2v) is 7.16. The van der Waals surface area contributed by atoms with Gasteiger partial charge >= 0.3 is 0 Å². The zero-order valence-electron chi connectivity index (χ0n) is 14.5. The van der Waals surface area contributed by atoms with E-state index in [4.69, 9.17) is 4.74 Å². The standard InChI is InChI=1S/C20H25NO2S/c1-15(2)18-6-4-5-7-19(18)23-14-20(22)21-12-13-24-17-10-8-16(3)9-11-17/h4-11,15H,12-14H2,1-3H3,(H,21,22). The molecule has 0 radical (unpaired) electrons. The molecular formula is C20H25NO2S. The highest BCUT2D eigenvalue weighted by Crippen LogP contribution is 2.25. The first kappa shape index (κ1) is 18.4. The smallest absolute Gasteiger partial charge is 0.257 e. The summed E-state index contributed by atoms with van der Waals surface area (Å²) in [5, 5.41) is 2.90. The van der Waals surface area contributed by atoms with Crippen molar-refractivity contribution in [1.29, 1.82) is 0 Å². The molecule has 24 heavy (non-hydrogen) atoms. The van der Waals surface area contributed by atoms with E-state index < -0.39 is 0 Å². The van der Waals surface area contributed by atoms with E-state index in [0.29, 0.717) is 12.5 Å². The Morgan fingerprint density at radius 2 is 1.83 bits per heavy atom. The van der Waals surface area contributed by atoms with Crippen molar-refractivity contribution in [3.63, 3.8) is 0 Å². The molecule has 2 aromatic carbocycles. The summed E-state index contributed by atoms with van der Waals surface area (Å²) in [6.45, 7) is 6.99. The molecule has 0 heterocycles. The molecule has 2 aromatic rings. The summed E-state index contributed by atoms with van der Waals surface area (Å²) in [7, 11) is 0. The van der Waals surface area contributed by atoms with Crippen LogP contribution in [0, 0.1) is 6.92 Å². The van der Waals surface area contributed by atoms with Gasteiger partial charge in [-0.2, -0.15) is 0 Å². The SMILES string of the molecule is Cc1ccc(SCCNC(=O)COc2ccccc2C(C)C)cc1. The van der Waals surface area contributed by atoms with E-state index >= 15 is 0 Å².